The molecule has 0 bridgehead atoms. The van der Waals surface area contributed by atoms with Gasteiger partial charge in [-0.25, -0.2) is 0 Å². The van der Waals surface area contributed by atoms with E-state index in [1.807, 2.05) is 0 Å². The largest absolute Gasteiger partial charge is 0.240 e. The second-order valence-electron chi connectivity index (χ2n) is 6.40. The number of hydrogen-bond acceptors (Lipinski definition) is 0. The Morgan fingerprint density at radius 2 is 1.36 bits per heavy atom. The van der Waals surface area contributed by atoms with Gasteiger partial charge in [-0.05, 0) is 17.5 Å². The van der Waals surface area contributed by atoms with Crippen LogP contribution in [0.5, 0.6) is 0 Å². The van der Waals surface area contributed by atoms with Crippen molar-refractivity contribution < 1.29 is 0 Å². The van der Waals surface area contributed by atoms with Crippen LogP contribution in [-0.2, 0) is 6.42 Å². The van der Waals surface area contributed by atoms with Crippen LogP contribution in [0.2, 0.25) is 5.54 Å². The molecule has 0 aliphatic carbocycles. The summed E-state index contributed by atoms with van der Waals surface area (Å²) in [4.78, 5) is 0. The summed E-state index contributed by atoms with van der Waals surface area (Å²) < 4.78 is 0. The summed E-state index contributed by atoms with van der Waals surface area (Å²) in [7, 11) is -1.59. The third-order valence-electron chi connectivity index (χ3n) is 4.38. The second-order valence-corrected chi connectivity index (χ2v) is 11.5. The molecule has 1 atom stereocenters. The van der Waals surface area contributed by atoms with E-state index in [-0.39, 0.29) is 0 Å². The van der Waals surface area contributed by atoms with E-state index < -0.39 is 7.42 Å². The molecular weight excluding hydrogens is 327 g/mol. The Hall–Kier alpha value is 0.0169. The number of rotatable bonds is 13. The van der Waals surface area contributed by atoms with Crippen LogP contribution in [0.4, 0.5) is 0 Å². The van der Waals surface area contributed by atoms with Crippen LogP contribution in [0, 0.1) is 0 Å². The zero-order valence-electron chi connectivity index (χ0n) is 14.1. The number of unbranched alkanes of at least 4 members (excludes halogenated alkanes) is 8. The normalized spacial score (nSPS) is 12.7. The lowest BCUT2D eigenvalue weighted by molar-refractivity contribution is 0.549. The summed E-state index contributed by atoms with van der Waals surface area (Å²) in [6.07, 6.45) is 14.7. The van der Waals surface area contributed by atoms with Gasteiger partial charge in [-0.1, -0.05) is 101 Å². The van der Waals surface area contributed by atoms with Crippen molar-refractivity contribution in [3.63, 3.8) is 0 Å². The second kappa shape index (κ2) is 13.5. The minimum atomic E-state index is -1.59. The molecular formula is C19H32Cl2Si. The first-order valence-electron chi connectivity index (χ1n) is 9.06. The lowest BCUT2D eigenvalue weighted by Crippen LogP contribution is -2.10. The molecule has 1 aromatic carbocycles. The summed E-state index contributed by atoms with van der Waals surface area (Å²) in [5.74, 6) is 0. The molecule has 0 fully saturated rings. The smallest absolute Gasteiger partial charge is 0.150 e. The van der Waals surface area contributed by atoms with Crippen LogP contribution < -0.4 is 0 Å². The van der Waals surface area contributed by atoms with Crippen LogP contribution >= 0.6 is 22.2 Å². The molecule has 1 aromatic rings. The predicted octanol–water partition coefficient (Wildman–Crippen LogP) is 7.22. The molecule has 0 N–H and O–H groups in total. The van der Waals surface area contributed by atoms with E-state index in [9.17, 15) is 0 Å². The molecule has 126 valence electrons. The maximum absolute atomic E-state index is 6.31. The SMILES string of the molecule is CCCCCCCCCCCC(Cc1ccccc1)[SiH](Cl)Cl. The summed E-state index contributed by atoms with van der Waals surface area (Å²) >= 11 is 12.6. The van der Waals surface area contributed by atoms with E-state index in [0.717, 1.165) is 6.42 Å². The van der Waals surface area contributed by atoms with Crippen molar-refractivity contribution in [2.45, 2.75) is 83.1 Å². The molecule has 0 heterocycles. The highest BCUT2D eigenvalue weighted by Crippen LogP contribution is 2.28. The predicted molar refractivity (Wildman–Crippen MR) is 105 cm³/mol. The minimum absolute atomic E-state index is 0.523. The lowest BCUT2D eigenvalue weighted by Gasteiger charge is -2.16. The molecule has 0 saturated carbocycles. The average molecular weight is 359 g/mol. The highest BCUT2D eigenvalue weighted by Gasteiger charge is 2.19. The van der Waals surface area contributed by atoms with E-state index in [1.165, 1.54) is 69.8 Å². The molecule has 0 amide bonds. The van der Waals surface area contributed by atoms with Gasteiger partial charge in [0.1, 0.15) is 0 Å². The van der Waals surface area contributed by atoms with Crippen molar-refractivity contribution in [3.8, 4) is 0 Å². The van der Waals surface area contributed by atoms with Crippen LogP contribution in [0.15, 0.2) is 30.3 Å². The summed E-state index contributed by atoms with van der Waals surface area (Å²) in [5.41, 5.74) is 1.90. The molecule has 3 heteroatoms. The van der Waals surface area contributed by atoms with Crippen molar-refractivity contribution in [1.29, 1.82) is 0 Å². The Bertz CT molecular complexity index is 354. The van der Waals surface area contributed by atoms with Crippen LogP contribution in [0.25, 0.3) is 0 Å². The van der Waals surface area contributed by atoms with Crippen molar-refractivity contribution in [2.75, 3.05) is 0 Å². The monoisotopic (exact) mass is 358 g/mol. The van der Waals surface area contributed by atoms with Gasteiger partial charge in [-0.2, -0.15) is 22.2 Å². The van der Waals surface area contributed by atoms with Gasteiger partial charge in [-0.15, -0.1) is 0 Å². The van der Waals surface area contributed by atoms with E-state index in [1.54, 1.807) is 0 Å². The Labute approximate surface area is 148 Å². The lowest BCUT2D eigenvalue weighted by atomic mass is 10.0. The average Bonchev–Trinajstić information content (AvgIpc) is 2.53. The van der Waals surface area contributed by atoms with Crippen molar-refractivity contribution in [2.24, 2.45) is 0 Å². The molecule has 1 rings (SSSR count). The molecule has 0 spiro atoms. The van der Waals surface area contributed by atoms with Crippen LogP contribution in [0.3, 0.4) is 0 Å². The first-order chi connectivity index (χ1) is 10.7. The number of hydrogen-bond donors (Lipinski definition) is 0. The highest BCUT2D eigenvalue weighted by molar-refractivity contribution is 7.34. The highest BCUT2D eigenvalue weighted by atomic mass is 35.7. The Balaban J connectivity index is 2.09. The summed E-state index contributed by atoms with van der Waals surface area (Å²) in [5, 5.41) is 0. The van der Waals surface area contributed by atoms with Crippen molar-refractivity contribution >= 4 is 29.6 Å². The quantitative estimate of drug-likeness (QED) is 0.198. The van der Waals surface area contributed by atoms with Gasteiger partial charge in [0.05, 0.1) is 0 Å². The van der Waals surface area contributed by atoms with Crippen molar-refractivity contribution in [1.82, 2.24) is 0 Å². The van der Waals surface area contributed by atoms with E-state index in [0.29, 0.717) is 5.54 Å². The number of benzene rings is 1. The minimum Gasteiger partial charge on any atom is -0.150 e. The van der Waals surface area contributed by atoms with Gasteiger partial charge in [0, 0.05) is 0 Å². The molecule has 0 aliphatic heterocycles. The maximum Gasteiger partial charge on any atom is 0.240 e. The third-order valence-corrected chi connectivity index (χ3v) is 7.80. The topological polar surface area (TPSA) is 0 Å². The fourth-order valence-electron chi connectivity index (χ4n) is 2.95. The Morgan fingerprint density at radius 1 is 0.818 bits per heavy atom. The molecule has 0 saturated heterocycles. The first-order valence-corrected chi connectivity index (χ1v) is 13.2. The van der Waals surface area contributed by atoms with Gasteiger partial charge in [-0.3, -0.25) is 0 Å². The van der Waals surface area contributed by atoms with E-state index in [4.69, 9.17) is 22.2 Å². The zero-order valence-corrected chi connectivity index (χ0v) is 16.7. The zero-order chi connectivity index (χ0) is 16.0. The molecule has 0 aromatic heterocycles. The summed E-state index contributed by atoms with van der Waals surface area (Å²) in [6, 6.07) is 10.6. The Morgan fingerprint density at radius 3 is 1.91 bits per heavy atom. The molecule has 0 aliphatic rings. The maximum atomic E-state index is 6.31. The third kappa shape index (κ3) is 9.92. The Kier molecular flexibility index (Phi) is 12.3. The summed E-state index contributed by atoms with van der Waals surface area (Å²) in [6.45, 7) is 2.27. The van der Waals surface area contributed by atoms with Crippen molar-refractivity contribution in [3.05, 3.63) is 35.9 Å². The van der Waals surface area contributed by atoms with Gasteiger partial charge in [0.15, 0.2) is 0 Å². The van der Waals surface area contributed by atoms with Gasteiger partial charge >= 0.3 is 0 Å². The van der Waals surface area contributed by atoms with Crippen LogP contribution in [-0.4, -0.2) is 7.42 Å². The molecule has 0 radical (unpaired) electrons. The molecule has 0 nitrogen and oxygen atoms in total. The molecule has 1 unspecified atom stereocenters. The fourth-order valence-corrected chi connectivity index (χ4v) is 5.18. The molecule has 22 heavy (non-hydrogen) atoms. The van der Waals surface area contributed by atoms with Crippen LogP contribution in [0.1, 0.15) is 76.7 Å². The van der Waals surface area contributed by atoms with Gasteiger partial charge < -0.3 is 0 Å². The van der Waals surface area contributed by atoms with Gasteiger partial charge in [0.2, 0.25) is 7.42 Å². The van der Waals surface area contributed by atoms with E-state index >= 15 is 0 Å². The first kappa shape index (κ1) is 20.1. The number of halogens is 2. The van der Waals surface area contributed by atoms with E-state index in [2.05, 4.69) is 37.3 Å². The fraction of sp³-hybridized carbons (Fsp3) is 0.684. The standard InChI is InChI=1S/C19H32Cl2Si/c1-2-3-4-5-6-7-8-9-13-16-19(22(20)21)17-18-14-11-10-12-15-18/h10-12,14-15,19,22H,2-9,13,16-17H2,1H3. The van der Waals surface area contributed by atoms with Gasteiger partial charge in [0.25, 0.3) is 0 Å².